The lowest BCUT2D eigenvalue weighted by Crippen LogP contribution is -2.43. The molecular weight excluding hydrogens is 622 g/mol. The van der Waals surface area contributed by atoms with Crippen LogP contribution in [0.25, 0.3) is 0 Å². The number of H-pyrrole nitrogens is 1. The molecule has 0 spiro atoms. The van der Waals surface area contributed by atoms with E-state index in [1.807, 2.05) is 0 Å². The van der Waals surface area contributed by atoms with E-state index in [-0.39, 0.29) is 29.2 Å². The zero-order chi connectivity index (χ0) is 28.0. The fourth-order valence-corrected chi connectivity index (χ4v) is 8.04. The molecule has 2 aromatic carbocycles. The molecule has 10 nitrogen and oxygen atoms in total. The van der Waals surface area contributed by atoms with Gasteiger partial charge < -0.3 is 24.1 Å². The Bertz CT molecular complexity index is 1530. The number of benzene rings is 2. The van der Waals surface area contributed by atoms with Crippen molar-refractivity contribution in [2.24, 2.45) is 5.92 Å². The molecule has 0 radical (unpaired) electrons. The standard InChI is InChI=1S/C27H24BrN3O7S2/c1-36-18-12-14(2-7-17(18)38-13-19(32)30-8-10-37-11-9-30)20-21-23(39-24-22(20)40-27(35)29-24)26(34)31(25(21)33)16-5-3-15(28)4-6-16/h2-7,12,20-21,23H,8-11,13H2,1H3,(H,29,35). The van der Waals surface area contributed by atoms with Crippen LogP contribution in [0.2, 0.25) is 0 Å². The minimum Gasteiger partial charge on any atom is -0.493 e. The first-order valence-corrected chi connectivity index (χ1v) is 15.0. The molecule has 0 saturated carbocycles. The van der Waals surface area contributed by atoms with E-state index in [1.165, 1.54) is 23.8 Å². The predicted octanol–water partition coefficient (Wildman–Crippen LogP) is 3.24. The number of rotatable bonds is 6. The van der Waals surface area contributed by atoms with E-state index in [4.69, 9.17) is 14.2 Å². The summed E-state index contributed by atoms with van der Waals surface area (Å²) in [5, 5.41) is -0.109. The highest BCUT2D eigenvalue weighted by Gasteiger charge is 2.56. The van der Waals surface area contributed by atoms with Gasteiger partial charge >= 0.3 is 4.87 Å². The van der Waals surface area contributed by atoms with Gasteiger partial charge in [-0.15, -0.1) is 0 Å². The van der Waals surface area contributed by atoms with Crippen molar-refractivity contribution in [3.8, 4) is 11.5 Å². The number of carbonyl (C=O) groups is 3. The molecule has 3 aromatic rings. The smallest absolute Gasteiger partial charge is 0.305 e. The van der Waals surface area contributed by atoms with Crippen molar-refractivity contribution in [1.29, 1.82) is 0 Å². The van der Waals surface area contributed by atoms with Crippen LogP contribution in [-0.2, 0) is 19.1 Å². The molecule has 3 atom stereocenters. The molecule has 1 N–H and O–H groups in total. The maximum atomic E-state index is 13.9. The molecule has 2 saturated heterocycles. The summed E-state index contributed by atoms with van der Waals surface area (Å²) in [6.07, 6.45) is 0. The molecule has 6 rings (SSSR count). The molecule has 2 fully saturated rings. The van der Waals surface area contributed by atoms with Crippen LogP contribution in [0.3, 0.4) is 0 Å². The normalized spacial score (nSPS) is 22.2. The number of thioether (sulfide) groups is 1. The number of nitrogens with zero attached hydrogens (tertiary/aromatic N) is 2. The first-order chi connectivity index (χ1) is 19.4. The second-order valence-electron chi connectivity index (χ2n) is 9.43. The van der Waals surface area contributed by atoms with Gasteiger partial charge in [0, 0.05) is 28.4 Å². The van der Waals surface area contributed by atoms with Crippen LogP contribution >= 0.6 is 39.0 Å². The summed E-state index contributed by atoms with van der Waals surface area (Å²) in [5.41, 5.74) is 1.20. The molecule has 1 aromatic heterocycles. The third-order valence-electron chi connectivity index (χ3n) is 7.17. The number of methoxy groups -OCH3 is 1. The number of carbonyl (C=O) groups excluding carboxylic acids is 3. The Morgan fingerprint density at radius 3 is 2.55 bits per heavy atom. The molecule has 3 aliphatic rings. The number of aromatic nitrogens is 1. The van der Waals surface area contributed by atoms with Crippen molar-refractivity contribution in [3.63, 3.8) is 0 Å². The van der Waals surface area contributed by atoms with Gasteiger partial charge in [0.1, 0.15) is 5.25 Å². The summed E-state index contributed by atoms with van der Waals surface area (Å²) >= 11 is 5.66. The maximum Gasteiger partial charge on any atom is 0.305 e. The molecule has 3 aliphatic heterocycles. The van der Waals surface area contributed by atoms with E-state index in [0.29, 0.717) is 59.0 Å². The Balaban J connectivity index is 1.32. The van der Waals surface area contributed by atoms with Gasteiger partial charge in [-0.1, -0.05) is 45.1 Å². The number of fused-ring (bicyclic) bond motifs is 2. The molecule has 4 heterocycles. The summed E-state index contributed by atoms with van der Waals surface area (Å²) in [7, 11) is 1.49. The highest BCUT2D eigenvalue weighted by atomic mass is 79.9. The van der Waals surface area contributed by atoms with Gasteiger partial charge in [0.15, 0.2) is 18.1 Å². The molecule has 0 aliphatic carbocycles. The van der Waals surface area contributed by atoms with Crippen LogP contribution in [0.15, 0.2) is 56.8 Å². The fourth-order valence-electron chi connectivity index (χ4n) is 5.26. The zero-order valence-electron chi connectivity index (χ0n) is 21.3. The van der Waals surface area contributed by atoms with Crippen LogP contribution in [0.1, 0.15) is 16.4 Å². The quantitative estimate of drug-likeness (QED) is 0.406. The fraction of sp³-hybridized carbons (Fsp3) is 0.333. The average Bonchev–Trinajstić information content (AvgIpc) is 3.46. The Labute approximate surface area is 245 Å². The molecule has 40 heavy (non-hydrogen) atoms. The summed E-state index contributed by atoms with van der Waals surface area (Å²) in [6, 6.07) is 12.3. The topological polar surface area (TPSA) is 118 Å². The Hall–Kier alpha value is -3.13. The number of morpholine rings is 1. The minimum atomic E-state index is -0.723. The lowest BCUT2D eigenvalue weighted by Gasteiger charge is -2.30. The number of aromatic amines is 1. The predicted molar refractivity (Wildman–Crippen MR) is 152 cm³/mol. The van der Waals surface area contributed by atoms with Crippen LogP contribution < -0.4 is 19.2 Å². The van der Waals surface area contributed by atoms with E-state index in [9.17, 15) is 19.2 Å². The average molecular weight is 647 g/mol. The van der Waals surface area contributed by atoms with E-state index in [1.54, 1.807) is 47.4 Å². The molecule has 0 bridgehead atoms. The zero-order valence-corrected chi connectivity index (χ0v) is 24.5. The summed E-state index contributed by atoms with van der Waals surface area (Å²) < 4.78 is 17.6. The number of amides is 3. The van der Waals surface area contributed by atoms with E-state index in [0.717, 1.165) is 15.8 Å². The van der Waals surface area contributed by atoms with E-state index in [2.05, 4.69) is 20.9 Å². The van der Waals surface area contributed by atoms with Gasteiger partial charge in [-0.3, -0.25) is 19.2 Å². The molecule has 3 amide bonds. The number of ether oxygens (including phenoxy) is 3. The number of hydrogen-bond acceptors (Lipinski definition) is 9. The van der Waals surface area contributed by atoms with Crippen LogP contribution in [-0.4, -0.2) is 72.9 Å². The number of anilines is 1. The second kappa shape index (κ2) is 11.0. The van der Waals surface area contributed by atoms with E-state index >= 15 is 0 Å². The first-order valence-electron chi connectivity index (χ1n) is 12.5. The van der Waals surface area contributed by atoms with Crippen LogP contribution in [0.5, 0.6) is 11.5 Å². The molecule has 208 valence electrons. The second-order valence-corrected chi connectivity index (χ2v) is 12.5. The lowest BCUT2D eigenvalue weighted by molar-refractivity contribution is -0.137. The molecular formula is C27H24BrN3O7S2. The van der Waals surface area contributed by atoms with Gasteiger partial charge in [0.05, 0.1) is 37.0 Å². The van der Waals surface area contributed by atoms with Crippen molar-refractivity contribution in [3.05, 3.63) is 67.0 Å². The largest absolute Gasteiger partial charge is 0.493 e. The number of halogens is 1. The number of imide groups is 1. The number of hydrogen-bond donors (Lipinski definition) is 1. The third-order valence-corrected chi connectivity index (χ3v) is 10.1. The van der Waals surface area contributed by atoms with Crippen molar-refractivity contribution in [2.45, 2.75) is 16.2 Å². The highest BCUT2D eigenvalue weighted by molar-refractivity contribution is 9.10. The summed E-state index contributed by atoms with van der Waals surface area (Å²) in [5.74, 6) is -1.31. The van der Waals surface area contributed by atoms with Crippen molar-refractivity contribution in [1.82, 2.24) is 9.88 Å². The van der Waals surface area contributed by atoms with Gasteiger partial charge in [0.25, 0.3) is 5.91 Å². The summed E-state index contributed by atoms with van der Waals surface area (Å²) in [4.78, 5) is 58.6. The number of thiazole rings is 1. The van der Waals surface area contributed by atoms with Crippen LogP contribution in [0.4, 0.5) is 5.69 Å². The maximum absolute atomic E-state index is 13.9. The Morgan fingerprint density at radius 2 is 1.82 bits per heavy atom. The van der Waals surface area contributed by atoms with Gasteiger partial charge in [-0.2, -0.15) is 0 Å². The summed E-state index contributed by atoms with van der Waals surface area (Å²) in [6.45, 7) is 1.89. The first kappa shape index (κ1) is 27.1. The SMILES string of the molecule is COc1cc(C2c3sc(=O)[nH]c3SC3C(=O)N(c4ccc(Br)cc4)C(=O)C32)ccc1OCC(=O)N1CCOCC1. The van der Waals surface area contributed by atoms with Crippen LogP contribution in [0, 0.1) is 5.92 Å². The van der Waals surface area contributed by atoms with Crippen molar-refractivity contribution in [2.75, 3.05) is 44.9 Å². The lowest BCUT2D eigenvalue weighted by atomic mass is 9.83. The highest BCUT2D eigenvalue weighted by Crippen LogP contribution is 2.53. The van der Waals surface area contributed by atoms with Crippen molar-refractivity contribution < 1.29 is 28.6 Å². The Morgan fingerprint density at radius 1 is 1.07 bits per heavy atom. The molecule has 13 heteroatoms. The van der Waals surface area contributed by atoms with E-state index < -0.39 is 17.1 Å². The monoisotopic (exact) mass is 645 g/mol. The van der Waals surface area contributed by atoms with Gasteiger partial charge in [-0.05, 0) is 42.0 Å². The van der Waals surface area contributed by atoms with Crippen molar-refractivity contribution >= 4 is 62.4 Å². The molecule has 3 unspecified atom stereocenters. The number of nitrogens with one attached hydrogen (secondary N) is 1. The van der Waals surface area contributed by atoms with Gasteiger partial charge in [-0.25, -0.2) is 4.90 Å². The third kappa shape index (κ3) is 4.84. The minimum absolute atomic E-state index is 0.147. The van der Waals surface area contributed by atoms with Gasteiger partial charge in [0.2, 0.25) is 11.8 Å². The Kier molecular flexibility index (Phi) is 7.46.